The molecule has 18 heavy (non-hydrogen) atoms. The maximum absolute atomic E-state index is 10.4. The van der Waals surface area contributed by atoms with Crippen molar-refractivity contribution in [3.8, 4) is 5.75 Å². The van der Waals surface area contributed by atoms with E-state index in [1.165, 1.54) is 12.1 Å². The van der Waals surface area contributed by atoms with Crippen molar-refractivity contribution < 1.29 is 24.9 Å². The van der Waals surface area contributed by atoms with E-state index in [1.807, 2.05) is 0 Å². The Kier molecular flexibility index (Phi) is 7.10. The number of rotatable bonds is 4. The van der Waals surface area contributed by atoms with Gasteiger partial charge in [-0.15, -0.1) is 0 Å². The van der Waals surface area contributed by atoms with Crippen LogP contribution >= 0.6 is 0 Å². The molecule has 0 amide bonds. The second-order valence-electron chi connectivity index (χ2n) is 3.41. The highest BCUT2D eigenvalue weighted by atomic mass is 16.4. The minimum atomic E-state index is -1.02. The smallest absolute Gasteiger partial charge is 0.320 e. The summed E-state index contributed by atoms with van der Waals surface area (Å²) in [5, 5.41) is 25.1. The van der Waals surface area contributed by atoms with Crippen LogP contribution in [0.15, 0.2) is 24.3 Å². The first-order valence-electron chi connectivity index (χ1n) is 5.05. The predicted octanol–water partition coefficient (Wildman–Crippen LogP) is -0.624. The molecule has 0 unspecified atom stereocenters. The number of phenolic OH excluding ortho intramolecular Hbond substituents is 1. The molecule has 7 nitrogen and oxygen atoms in total. The van der Waals surface area contributed by atoms with Crippen molar-refractivity contribution in [2.45, 2.75) is 12.5 Å². The van der Waals surface area contributed by atoms with E-state index in [0.29, 0.717) is 0 Å². The van der Waals surface area contributed by atoms with Gasteiger partial charge in [0, 0.05) is 0 Å². The molecular formula is C11H16N2O5. The van der Waals surface area contributed by atoms with Crippen LogP contribution in [0.2, 0.25) is 0 Å². The van der Waals surface area contributed by atoms with E-state index in [4.69, 9.17) is 21.1 Å². The number of hydrogen-bond donors (Lipinski definition) is 5. The van der Waals surface area contributed by atoms with Crippen LogP contribution in [-0.4, -0.2) is 39.8 Å². The van der Waals surface area contributed by atoms with Gasteiger partial charge in [-0.3, -0.25) is 9.59 Å². The van der Waals surface area contributed by atoms with Gasteiger partial charge in [-0.2, -0.15) is 0 Å². The number of aromatic hydroxyl groups is 1. The van der Waals surface area contributed by atoms with Gasteiger partial charge in [-0.05, 0) is 24.1 Å². The quantitative estimate of drug-likeness (QED) is 0.482. The maximum Gasteiger partial charge on any atom is 0.320 e. The molecule has 0 heterocycles. The zero-order chi connectivity index (χ0) is 14.1. The molecule has 0 aliphatic heterocycles. The van der Waals surface area contributed by atoms with E-state index < -0.39 is 18.0 Å². The molecule has 0 aliphatic carbocycles. The van der Waals surface area contributed by atoms with Crippen LogP contribution in [0.3, 0.4) is 0 Å². The lowest BCUT2D eigenvalue weighted by atomic mass is 10.1. The van der Waals surface area contributed by atoms with Crippen LogP contribution in [0.1, 0.15) is 5.56 Å². The number of benzene rings is 1. The van der Waals surface area contributed by atoms with Gasteiger partial charge in [0.05, 0.1) is 6.54 Å². The first kappa shape index (κ1) is 15.9. The maximum atomic E-state index is 10.4. The third-order valence-electron chi connectivity index (χ3n) is 1.88. The Morgan fingerprint density at radius 3 is 1.94 bits per heavy atom. The number of hydrogen-bond acceptors (Lipinski definition) is 5. The number of carbonyl (C=O) groups is 2. The summed E-state index contributed by atoms with van der Waals surface area (Å²) < 4.78 is 0. The Morgan fingerprint density at radius 1 is 1.17 bits per heavy atom. The molecule has 0 spiro atoms. The second-order valence-corrected chi connectivity index (χ2v) is 3.41. The highest BCUT2D eigenvalue weighted by Gasteiger charge is 2.11. The van der Waals surface area contributed by atoms with Crippen LogP contribution in [-0.2, 0) is 16.0 Å². The minimum absolute atomic E-state index is 0.160. The molecule has 0 aromatic heterocycles. The molecule has 0 saturated carbocycles. The molecule has 0 fully saturated rings. The lowest BCUT2D eigenvalue weighted by Gasteiger charge is -2.05. The van der Waals surface area contributed by atoms with Crippen molar-refractivity contribution >= 4 is 11.9 Å². The Morgan fingerprint density at radius 2 is 1.61 bits per heavy atom. The molecule has 0 aliphatic rings. The van der Waals surface area contributed by atoms with E-state index in [0.717, 1.165) is 5.56 Å². The van der Waals surface area contributed by atoms with Crippen LogP contribution in [0, 0.1) is 0 Å². The van der Waals surface area contributed by atoms with Gasteiger partial charge in [0.1, 0.15) is 11.8 Å². The molecule has 7 N–H and O–H groups in total. The third kappa shape index (κ3) is 7.20. The molecule has 1 atom stereocenters. The molecule has 0 radical (unpaired) electrons. The van der Waals surface area contributed by atoms with Gasteiger partial charge < -0.3 is 26.8 Å². The standard InChI is InChI=1S/C9H11NO3.C2H5NO2/c10-8(9(12)13)5-6-1-3-7(11)4-2-6;3-1-2(4)5/h1-4,8,11H,5,10H2,(H,12,13);1,3H2,(H,4,5)/t8-;/m0./s1. The molecule has 1 aromatic rings. The Balaban J connectivity index is 0.000000494. The van der Waals surface area contributed by atoms with E-state index in [-0.39, 0.29) is 18.7 Å². The summed E-state index contributed by atoms with van der Waals surface area (Å²) in [5.41, 5.74) is 10.7. The van der Waals surface area contributed by atoms with E-state index in [1.54, 1.807) is 12.1 Å². The van der Waals surface area contributed by atoms with Crippen molar-refractivity contribution in [3.05, 3.63) is 29.8 Å². The van der Waals surface area contributed by atoms with Gasteiger partial charge in [0.25, 0.3) is 0 Å². The lowest BCUT2D eigenvalue weighted by Crippen LogP contribution is -2.32. The van der Waals surface area contributed by atoms with Gasteiger partial charge >= 0.3 is 11.9 Å². The minimum Gasteiger partial charge on any atom is -0.508 e. The zero-order valence-electron chi connectivity index (χ0n) is 9.61. The van der Waals surface area contributed by atoms with E-state index in [9.17, 15) is 9.59 Å². The van der Waals surface area contributed by atoms with E-state index >= 15 is 0 Å². The first-order chi connectivity index (χ1) is 8.36. The Labute approximate surface area is 104 Å². The zero-order valence-corrected chi connectivity index (χ0v) is 9.61. The summed E-state index contributed by atoms with van der Waals surface area (Å²) in [4.78, 5) is 19.6. The topological polar surface area (TPSA) is 147 Å². The van der Waals surface area contributed by atoms with Crippen LogP contribution in [0.5, 0.6) is 5.75 Å². The fourth-order valence-electron chi connectivity index (χ4n) is 0.973. The summed E-state index contributed by atoms with van der Waals surface area (Å²) in [7, 11) is 0. The highest BCUT2D eigenvalue weighted by Crippen LogP contribution is 2.10. The van der Waals surface area contributed by atoms with Crippen molar-refractivity contribution in [1.82, 2.24) is 0 Å². The van der Waals surface area contributed by atoms with Crippen molar-refractivity contribution in [2.75, 3.05) is 6.54 Å². The third-order valence-corrected chi connectivity index (χ3v) is 1.88. The lowest BCUT2D eigenvalue weighted by molar-refractivity contribution is -0.138. The van der Waals surface area contributed by atoms with Crippen molar-refractivity contribution in [3.63, 3.8) is 0 Å². The average molecular weight is 256 g/mol. The second kappa shape index (κ2) is 8.04. The normalized spacial score (nSPS) is 11.0. The van der Waals surface area contributed by atoms with Gasteiger partial charge in [0.15, 0.2) is 0 Å². The van der Waals surface area contributed by atoms with Crippen molar-refractivity contribution in [2.24, 2.45) is 11.5 Å². The molecule has 100 valence electrons. The Hall–Kier alpha value is -2.12. The monoisotopic (exact) mass is 256 g/mol. The van der Waals surface area contributed by atoms with Gasteiger partial charge in [0.2, 0.25) is 0 Å². The molecule has 7 heteroatoms. The van der Waals surface area contributed by atoms with Crippen LogP contribution in [0.25, 0.3) is 0 Å². The molecule has 1 aromatic carbocycles. The number of phenols is 1. The number of carboxylic acids is 2. The highest BCUT2D eigenvalue weighted by molar-refractivity contribution is 5.73. The summed E-state index contributed by atoms with van der Waals surface area (Å²) in [6, 6.07) is 5.42. The summed E-state index contributed by atoms with van der Waals surface area (Å²) in [6.45, 7) is -0.278. The van der Waals surface area contributed by atoms with Crippen LogP contribution < -0.4 is 11.5 Å². The number of nitrogens with two attached hydrogens (primary N) is 2. The van der Waals surface area contributed by atoms with Crippen molar-refractivity contribution in [1.29, 1.82) is 0 Å². The van der Waals surface area contributed by atoms with E-state index in [2.05, 4.69) is 5.73 Å². The van der Waals surface area contributed by atoms with Gasteiger partial charge in [-0.25, -0.2) is 0 Å². The molecular weight excluding hydrogens is 240 g/mol. The molecule has 0 saturated heterocycles. The summed E-state index contributed by atoms with van der Waals surface area (Å²) in [5.74, 6) is -1.83. The Bertz CT molecular complexity index is 391. The number of aliphatic carboxylic acids is 2. The SMILES string of the molecule is NCC(=O)O.N[C@@H](Cc1ccc(O)cc1)C(=O)O. The van der Waals surface area contributed by atoms with Crippen LogP contribution in [0.4, 0.5) is 0 Å². The summed E-state index contributed by atoms with van der Waals surface area (Å²) in [6.07, 6.45) is 0.273. The molecule has 0 bridgehead atoms. The molecule has 1 rings (SSSR count). The largest absolute Gasteiger partial charge is 0.508 e. The van der Waals surface area contributed by atoms with Gasteiger partial charge in [-0.1, -0.05) is 12.1 Å². The average Bonchev–Trinajstić information content (AvgIpc) is 2.32. The fraction of sp³-hybridized carbons (Fsp3) is 0.273. The predicted molar refractivity (Wildman–Crippen MR) is 64.1 cm³/mol. The summed E-state index contributed by atoms with van der Waals surface area (Å²) >= 11 is 0. The first-order valence-corrected chi connectivity index (χ1v) is 5.05. The fourth-order valence-corrected chi connectivity index (χ4v) is 0.973. The number of carboxylic acid groups (broad SMARTS) is 2.